The Bertz CT molecular complexity index is 770. The van der Waals surface area contributed by atoms with Crippen molar-refractivity contribution in [3.05, 3.63) is 35.7 Å². The molecule has 0 unspecified atom stereocenters. The van der Waals surface area contributed by atoms with Gasteiger partial charge in [0, 0.05) is 42.7 Å². The van der Waals surface area contributed by atoms with Gasteiger partial charge in [0.05, 0.1) is 0 Å². The van der Waals surface area contributed by atoms with Crippen molar-refractivity contribution in [2.75, 3.05) is 19.6 Å². The maximum absolute atomic E-state index is 12.6. The van der Waals surface area contributed by atoms with E-state index in [4.69, 9.17) is 0 Å². The molecule has 4 rings (SSSR count). The minimum Gasteiger partial charge on any atom is -0.349 e. The number of aromatic nitrogens is 3. The van der Waals surface area contributed by atoms with E-state index in [9.17, 15) is 4.79 Å². The molecule has 0 spiro atoms. The molecule has 2 aromatic rings. The minimum atomic E-state index is 0.0116. The monoisotopic (exact) mass is 367 g/mol. The second-order valence-corrected chi connectivity index (χ2v) is 8.34. The van der Waals surface area contributed by atoms with Crippen LogP contribution < -0.4 is 5.32 Å². The first-order valence-corrected chi connectivity index (χ1v) is 10.1. The number of piperidine rings is 1. The van der Waals surface area contributed by atoms with Crippen molar-refractivity contribution in [2.24, 2.45) is 5.92 Å². The Morgan fingerprint density at radius 1 is 1.19 bits per heavy atom. The fraction of sp³-hybridized carbons (Fsp3) is 0.571. The van der Waals surface area contributed by atoms with Crippen molar-refractivity contribution in [3.63, 3.8) is 0 Å². The molecule has 2 N–H and O–H groups in total. The average molecular weight is 367 g/mol. The number of carbonyl (C=O) groups excluding carboxylic acids is 1. The van der Waals surface area contributed by atoms with Crippen LogP contribution in [0.3, 0.4) is 0 Å². The Morgan fingerprint density at radius 3 is 2.52 bits per heavy atom. The smallest absolute Gasteiger partial charge is 0.251 e. The largest absolute Gasteiger partial charge is 0.349 e. The Kier molecular flexibility index (Phi) is 5.25. The first-order valence-electron chi connectivity index (χ1n) is 10.1. The van der Waals surface area contributed by atoms with Crippen LogP contribution in [0, 0.1) is 5.92 Å². The molecule has 0 radical (unpaired) electrons. The van der Waals surface area contributed by atoms with Crippen molar-refractivity contribution in [2.45, 2.75) is 51.5 Å². The van der Waals surface area contributed by atoms with Crippen LogP contribution in [0.5, 0.6) is 0 Å². The van der Waals surface area contributed by atoms with Gasteiger partial charge in [-0.1, -0.05) is 26.0 Å². The van der Waals surface area contributed by atoms with E-state index in [-0.39, 0.29) is 11.9 Å². The van der Waals surface area contributed by atoms with E-state index in [1.54, 1.807) is 0 Å². The molecular weight excluding hydrogens is 338 g/mol. The maximum atomic E-state index is 12.6. The molecule has 0 atom stereocenters. The van der Waals surface area contributed by atoms with Gasteiger partial charge in [0.1, 0.15) is 5.82 Å². The molecular formula is C21H29N5O. The van der Waals surface area contributed by atoms with Crippen molar-refractivity contribution in [1.82, 2.24) is 25.4 Å². The quantitative estimate of drug-likeness (QED) is 0.822. The number of carbonyl (C=O) groups is 1. The highest BCUT2D eigenvalue weighted by molar-refractivity contribution is 5.94. The van der Waals surface area contributed by atoms with Crippen LogP contribution in [0.25, 0.3) is 11.4 Å². The summed E-state index contributed by atoms with van der Waals surface area (Å²) in [7, 11) is 0. The third-order valence-corrected chi connectivity index (χ3v) is 5.42. The maximum Gasteiger partial charge on any atom is 0.251 e. The highest BCUT2D eigenvalue weighted by atomic mass is 16.1. The molecule has 0 bridgehead atoms. The van der Waals surface area contributed by atoms with Crippen LogP contribution in [0.1, 0.15) is 61.6 Å². The van der Waals surface area contributed by atoms with Crippen LogP contribution in [-0.2, 0) is 0 Å². The first-order chi connectivity index (χ1) is 13.1. The normalized spacial score (nSPS) is 18.8. The second kappa shape index (κ2) is 7.80. The molecule has 1 amide bonds. The van der Waals surface area contributed by atoms with Crippen molar-refractivity contribution >= 4 is 5.91 Å². The third-order valence-electron chi connectivity index (χ3n) is 5.42. The molecule has 6 nitrogen and oxygen atoms in total. The fourth-order valence-corrected chi connectivity index (χ4v) is 3.76. The van der Waals surface area contributed by atoms with Gasteiger partial charge in [0.15, 0.2) is 5.82 Å². The first kappa shape index (κ1) is 18.2. The second-order valence-electron chi connectivity index (χ2n) is 8.34. The van der Waals surface area contributed by atoms with Crippen LogP contribution in [0.15, 0.2) is 24.3 Å². The predicted molar refractivity (Wildman–Crippen MR) is 106 cm³/mol. The van der Waals surface area contributed by atoms with Crippen LogP contribution in [0.2, 0.25) is 0 Å². The highest BCUT2D eigenvalue weighted by Gasteiger charge is 2.27. The van der Waals surface area contributed by atoms with Crippen LogP contribution >= 0.6 is 0 Å². The number of aromatic amines is 1. The Labute approximate surface area is 160 Å². The topological polar surface area (TPSA) is 73.9 Å². The summed E-state index contributed by atoms with van der Waals surface area (Å²) in [5, 5.41) is 10.5. The van der Waals surface area contributed by atoms with Crippen molar-refractivity contribution in [3.8, 4) is 11.4 Å². The number of rotatable bonds is 6. The highest BCUT2D eigenvalue weighted by Crippen LogP contribution is 2.38. The van der Waals surface area contributed by atoms with E-state index < -0.39 is 0 Å². The van der Waals surface area contributed by atoms with Crippen molar-refractivity contribution < 1.29 is 4.79 Å². The standard InChI is InChI=1S/C21H29N5O/c1-14(2)13-26-11-9-18(10-12-26)22-21(27)17-7-5-16(6-8-17)20-23-19(24-25-20)15-3-4-15/h5-8,14-15,18H,3-4,9-13H2,1-2H3,(H,22,27)(H,23,24,25). The van der Waals surface area contributed by atoms with Gasteiger partial charge in [0.25, 0.3) is 5.91 Å². The molecule has 1 aliphatic heterocycles. The Hall–Kier alpha value is -2.21. The van der Waals surface area contributed by atoms with Gasteiger partial charge < -0.3 is 10.2 Å². The lowest BCUT2D eigenvalue weighted by Gasteiger charge is -2.33. The lowest BCUT2D eigenvalue weighted by Crippen LogP contribution is -2.45. The summed E-state index contributed by atoms with van der Waals surface area (Å²) >= 11 is 0. The zero-order chi connectivity index (χ0) is 18.8. The van der Waals surface area contributed by atoms with Crippen molar-refractivity contribution in [1.29, 1.82) is 0 Å². The Morgan fingerprint density at radius 2 is 1.89 bits per heavy atom. The van der Waals surface area contributed by atoms with Gasteiger partial charge in [-0.2, -0.15) is 5.10 Å². The van der Waals surface area contributed by atoms with Gasteiger partial charge in [0.2, 0.25) is 0 Å². The number of nitrogens with one attached hydrogen (secondary N) is 2. The molecule has 1 saturated heterocycles. The number of likely N-dealkylation sites (tertiary alicyclic amines) is 1. The predicted octanol–water partition coefficient (Wildman–Crippen LogP) is 3.20. The number of H-pyrrole nitrogens is 1. The lowest BCUT2D eigenvalue weighted by atomic mass is 10.0. The minimum absolute atomic E-state index is 0.0116. The summed E-state index contributed by atoms with van der Waals surface area (Å²) in [4.78, 5) is 19.6. The Balaban J connectivity index is 1.31. The molecule has 144 valence electrons. The average Bonchev–Trinajstić information content (AvgIpc) is 3.40. The molecule has 1 saturated carbocycles. The van der Waals surface area contributed by atoms with E-state index in [0.29, 0.717) is 23.2 Å². The van der Waals surface area contributed by atoms with E-state index >= 15 is 0 Å². The zero-order valence-corrected chi connectivity index (χ0v) is 16.2. The van der Waals surface area contributed by atoms with E-state index in [0.717, 1.165) is 43.9 Å². The van der Waals surface area contributed by atoms with Gasteiger partial charge in [-0.15, -0.1) is 0 Å². The number of nitrogens with zero attached hydrogens (tertiary/aromatic N) is 3. The van der Waals surface area contributed by atoms with E-state index in [1.165, 1.54) is 12.8 Å². The summed E-state index contributed by atoms with van der Waals surface area (Å²) < 4.78 is 0. The summed E-state index contributed by atoms with van der Waals surface area (Å²) in [6.07, 6.45) is 4.45. The van der Waals surface area contributed by atoms with Gasteiger partial charge in [-0.05, 0) is 43.7 Å². The molecule has 1 aromatic carbocycles. The number of benzene rings is 1. The summed E-state index contributed by atoms with van der Waals surface area (Å²) in [6, 6.07) is 7.87. The van der Waals surface area contributed by atoms with E-state index in [2.05, 4.69) is 39.2 Å². The SMILES string of the molecule is CC(C)CN1CCC(NC(=O)c2ccc(-c3n[nH]c(C4CC4)n3)cc2)CC1. The molecule has 6 heteroatoms. The van der Waals surface area contributed by atoms with E-state index in [1.807, 2.05) is 24.3 Å². The molecule has 1 aliphatic carbocycles. The van der Waals surface area contributed by atoms with Crippen LogP contribution in [-0.4, -0.2) is 51.7 Å². The molecule has 1 aromatic heterocycles. The van der Waals surface area contributed by atoms with Crippen LogP contribution in [0.4, 0.5) is 0 Å². The molecule has 2 heterocycles. The molecule has 2 aliphatic rings. The fourth-order valence-electron chi connectivity index (χ4n) is 3.76. The summed E-state index contributed by atoms with van der Waals surface area (Å²) in [5.41, 5.74) is 1.64. The molecule has 2 fully saturated rings. The third kappa shape index (κ3) is 4.56. The summed E-state index contributed by atoms with van der Waals surface area (Å²) in [5.74, 6) is 2.96. The van der Waals surface area contributed by atoms with Gasteiger partial charge >= 0.3 is 0 Å². The van der Waals surface area contributed by atoms with Gasteiger partial charge in [-0.25, -0.2) is 4.98 Å². The number of amides is 1. The van der Waals surface area contributed by atoms with Gasteiger partial charge in [-0.3, -0.25) is 9.89 Å². The number of hydrogen-bond acceptors (Lipinski definition) is 4. The summed E-state index contributed by atoms with van der Waals surface area (Å²) in [6.45, 7) is 7.78. The number of hydrogen-bond donors (Lipinski definition) is 2. The lowest BCUT2D eigenvalue weighted by molar-refractivity contribution is 0.0907. The molecule has 27 heavy (non-hydrogen) atoms. The zero-order valence-electron chi connectivity index (χ0n) is 16.2.